The lowest BCUT2D eigenvalue weighted by Crippen LogP contribution is -2.32. The molecule has 0 amide bonds. The Morgan fingerprint density at radius 3 is 2.50 bits per heavy atom. The van der Waals surface area contributed by atoms with E-state index in [4.69, 9.17) is 5.73 Å². The maximum Gasteiger partial charge on any atom is 0.231 e. The first kappa shape index (κ1) is 14.8. The van der Waals surface area contributed by atoms with E-state index in [2.05, 4.69) is 45.9 Å². The van der Waals surface area contributed by atoms with Crippen molar-refractivity contribution in [3.63, 3.8) is 0 Å². The molecular formula is C14H26N6. The van der Waals surface area contributed by atoms with Gasteiger partial charge in [-0.05, 0) is 32.1 Å². The fourth-order valence-corrected chi connectivity index (χ4v) is 2.38. The molecule has 0 bridgehead atoms. The molecule has 2 heterocycles. The number of hydrogen-bond donors (Lipinski definition) is 2. The predicted octanol–water partition coefficient (Wildman–Crippen LogP) is 2.29. The quantitative estimate of drug-likeness (QED) is 0.860. The summed E-state index contributed by atoms with van der Waals surface area (Å²) < 4.78 is 0. The molecule has 1 aliphatic rings. The zero-order valence-electron chi connectivity index (χ0n) is 12.8. The Labute approximate surface area is 121 Å². The molecule has 112 valence electrons. The van der Waals surface area contributed by atoms with Crippen LogP contribution in [0.1, 0.15) is 46.5 Å². The third-order valence-electron chi connectivity index (χ3n) is 4.13. The van der Waals surface area contributed by atoms with Crippen LogP contribution in [0.25, 0.3) is 0 Å². The van der Waals surface area contributed by atoms with Gasteiger partial charge in [-0.15, -0.1) is 0 Å². The standard InChI is InChI=1S/C14H26N6/c1-4-10(2)11(3)16-13-17-12(15)18-14(19-13)20-8-6-5-7-9-20/h10-11H,4-9H2,1-3H3,(H3,15,16,17,18,19). The van der Waals surface area contributed by atoms with Gasteiger partial charge in [0.2, 0.25) is 17.8 Å². The van der Waals surface area contributed by atoms with E-state index < -0.39 is 0 Å². The smallest absolute Gasteiger partial charge is 0.231 e. The molecule has 20 heavy (non-hydrogen) atoms. The number of nitrogens with zero attached hydrogens (tertiary/aromatic N) is 4. The number of piperidine rings is 1. The average molecular weight is 278 g/mol. The van der Waals surface area contributed by atoms with E-state index >= 15 is 0 Å². The van der Waals surface area contributed by atoms with Gasteiger partial charge in [-0.2, -0.15) is 15.0 Å². The zero-order chi connectivity index (χ0) is 14.5. The van der Waals surface area contributed by atoms with Crippen LogP contribution in [0.5, 0.6) is 0 Å². The molecule has 2 rings (SSSR count). The highest BCUT2D eigenvalue weighted by Crippen LogP contribution is 2.19. The molecule has 0 aromatic carbocycles. The minimum absolute atomic E-state index is 0.291. The lowest BCUT2D eigenvalue weighted by molar-refractivity contribution is 0.492. The van der Waals surface area contributed by atoms with E-state index in [-0.39, 0.29) is 0 Å². The zero-order valence-corrected chi connectivity index (χ0v) is 12.8. The van der Waals surface area contributed by atoms with E-state index in [1.54, 1.807) is 0 Å². The van der Waals surface area contributed by atoms with Crippen molar-refractivity contribution < 1.29 is 0 Å². The summed E-state index contributed by atoms with van der Waals surface area (Å²) in [5.41, 5.74) is 5.82. The molecule has 0 aliphatic carbocycles. The number of nitrogen functional groups attached to an aromatic ring is 1. The van der Waals surface area contributed by atoms with Gasteiger partial charge in [0.05, 0.1) is 0 Å². The first-order valence-corrected chi connectivity index (χ1v) is 7.63. The summed E-state index contributed by atoms with van der Waals surface area (Å²) in [4.78, 5) is 15.2. The number of hydrogen-bond acceptors (Lipinski definition) is 6. The van der Waals surface area contributed by atoms with Crippen LogP contribution in [0, 0.1) is 5.92 Å². The molecule has 2 atom stereocenters. The summed E-state index contributed by atoms with van der Waals surface area (Å²) in [6.45, 7) is 8.56. The van der Waals surface area contributed by atoms with Gasteiger partial charge in [0.1, 0.15) is 0 Å². The second-order valence-corrected chi connectivity index (χ2v) is 5.68. The number of nitrogens with one attached hydrogen (secondary N) is 1. The maximum absolute atomic E-state index is 5.82. The van der Waals surface area contributed by atoms with E-state index in [9.17, 15) is 0 Å². The van der Waals surface area contributed by atoms with E-state index in [0.29, 0.717) is 29.8 Å². The van der Waals surface area contributed by atoms with Gasteiger partial charge in [0, 0.05) is 19.1 Å². The summed E-state index contributed by atoms with van der Waals surface area (Å²) in [6, 6.07) is 0.316. The van der Waals surface area contributed by atoms with Crippen molar-refractivity contribution in [1.29, 1.82) is 0 Å². The SMILES string of the molecule is CCC(C)C(C)Nc1nc(N)nc(N2CCCCC2)n1. The van der Waals surface area contributed by atoms with Crippen molar-refractivity contribution in [2.24, 2.45) is 5.92 Å². The molecular weight excluding hydrogens is 252 g/mol. The van der Waals surface area contributed by atoms with Crippen LogP contribution in [-0.2, 0) is 0 Å². The molecule has 6 nitrogen and oxygen atoms in total. The Hall–Kier alpha value is -1.59. The van der Waals surface area contributed by atoms with Crippen LogP contribution in [-0.4, -0.2) is 34.1 Å². The van der Waals surface area contributed by atoms with Crippen molar-refractivity contribution in [3.8, 4) is 0 Å². The molecule has 1 saturated heterocycles. The molecule has 0 spiro atoms. The molecule has 1 fully saturated rings. The van der Waals surface area contributed by atoms with Crippen LogP contribution in [0.4, 0.5) is 17.8 Å². The summed E-state index contributed by atoms with van der Waals surface area (Å²) >= 11 is 0. The molecule has 1 aromatic heterocycles. The predicted molar refractivity (Wildman–Crippen MR) is 82.8 cm³/mol. The first-order chi connectivity index (χ1) is 9.60. The van der Waals surface area contributed by atoms with E-state index in [1.807, 2.05) is 0 Å². The second kappa shape index (κ2) is 6.72. The summed E-state index contributed by atoms with van der Waals surface area (Å²) in [5, 5.41) is 3.34. The number of rotatable bonds is 5. The largest absolute Gasteiger partial charge is 0.368 e. The van der Waals surface area contributed by atoms with Crippen LogP contribution in [0.2, 0.25) is 0 Å². The van der Waals surface area contributed by atoms with Crippen molar-refractivity contribution in [2.75, 3.05) is 29.0 Å². The van der Waals surface area contributed by atoms with Crippen LogP contribution < -0.4 is 16.0 Å². The summed E-state index contributed by atoms with van der Waals surface area (Å²) in [7, 11) is 0. The van der Waals surface area contributed by atoms with E-state index in [0.717, 1.165) is 19.5 Å². The van der Waals surface area contributed by atoms with Gasteiger partial charge in [-0.25, -0.2) is 0 Å². The Morgan fingerprint density at radius 2 is 1.85 bits per heavy atom. The monoisotopic (exact) mass is 278 g/mol. The van der Waals surface area contributed by atoms with Gasteiger partial charge in [-0.1, -0.05) is 20.3 Å². The van der Waals surface area contributed by atoms with Crippen LogP contribution in [0.3, 0.4) is 0 Å². The molecule has 6 heteroatoms. The topological polar surface area (TPSA) is 80.0 Å². The molecule has 1 aromatic rings. The fraction of sp³-hybridized carbons (Fsp3) is 0.786. The highest BCUT2D eigenvalue weighted by molar-refractivity contribution is 5.42. The summed E-state index contributed by atoms with van der Waals surface area (Å²) in [5.74, 6) is 2.15. The van der Waals surface area contributed by atoms with Crippen LogP contribution in [0.15, 0.2) is 0 Å². The number of aromatic nitrogens is 3. The normalized spacial score (nSPS) is 18.6. The third kappa shape index (κ3) is 3.71. The molecule has 2 unspecified atom stereocenters. The van der Waals surface area contributed by atoms with Crippen molar-refractivity contribution in [3.05, 3.63) is 0 Å². The average Bonchev–Trinajstić information content (AvgIpc) is 2.46. The third-order valence-corrected chi connectivity index (χ3v) is 4.13. The lowest BCUT2D eigenvalue weighted by atomic mass is 10.0. The molecule has 1 aliphatic heterocycles. The van der Waals surface area contributed by atoms with Gasteiger partial charge < -0.3 is 16.0 Å². The Bertz CT molecular complexity index is 430. The Balaban J connectivity index is 2.11. The Morgan fingerprint density at radius 1 is 1.15 bits per heavy atom. The van der Waals surface area contributed by atoms with Crippen LogP contribution >= 0.6 is 0 Å². The molecule has 0 saturated carbocycles. The van der Waals surface area contributed by atoms with Gasteiger partial charge in [0.15, 0.2) is 0 Å². The molecule has 3 N–H and O–H groups in total. The minimum Gasteiger partial charge on any atom is -0.368 e. The second-order valence-electron chi connectivity index (χ2n) is 5.68. The lowest BCUT2D eigenvalue weighted by Gasteiger charge is -2.27. The minimum atomic E-state index is 0.291. The van der Waals surface area contributed by atoms with Crippen molar-refractivity contribution in [1.82, 2.24) is 15.0 Å². The maximum atomic E-state index is 5.82. The van der Waals surface area contributed by atoms with Crippen molar-refractivity contribution in [2.45, 2.75) is 52.5 Å². The number of nitrogens with two attached hydrogens (primary N) is 1. The molecule has 0 radical (unpaired) electrons. The van der Waals surface area contributed by atoms with E-state index in [1.165, 1.54) is 19.3 Å². The van der Waals surface area contributed by atoms with Gasteiger partial charge in [0.25, 0.3) is 0 Å². The Kier molecular flexibility index (Phi) is 4.98. The summed E-state index contributed by atoms with van der Waals surface area (Å²) in [6.07, 6.45) is 4.79. The van der Waals surface area contributed by atoms with Crippen molar-refractivity contribution >= 4 is 17.8 Å². The highest BCUT2D eigenvalue weighted by atomic mass is 15.3. The number of anilines is 3. The van der Waals surface area contributed by atoms with Gasteiger partial charge >= 0.3 is 0 Å². The fourth-order valence-electron chi connectivity index (χ4n) is 2.38. The highest BCUT2D eigenvalue weighted by Gasteiger charge is 2.17. The van der Waals surface area contributed by atoms with Gasteiger partial charge in [-0.3, -0.25) is 0 Å². The first-order valence-electron chi connectivity index (χ1n) is 7.63.